The van der Waals surface area contributed by atoms with Crippen molar-refractivity contribution < 1.29 is 4.79 Å². The zero-order valence-electron chi connectivity index (χ0n) is 15.4. The molecule has 0 radical (unpaired) electrons. The number of guanidine groups is 1. The van der Waals surface area contributed by atoms with E-state index in [4.69, 9.17) is 0 Å². The van der Waals surface area contributed by atoms with E-state index in [9.17, 15) is 4.79 Å². The van der Waals surface area contributed by atoms with Crippen LogP contribution in [0.3, 0.4) is 0 Å². The Morgan fingerprint density at radius 1 is 1.08 bits per heavy atom. The molecule has 1 saturated carbocycles. The lowest BCUT2D eigenvalue weighted by molar-refractivity contribution is -0.122. The van der Waals surface area contributed by atoms with Gasteiger partial charge < -0.3 is 16.0 Å². The second kappa shape index (κ2) is 10.4. The number of piperidine rings is 1. The van der Waals surface area contributed by atoms with Crippen LogP contribution in [0, 0.1) is 5.92 Å². The second-order valence-corrected chi connectivity index (χ2v) is 7.28. The van der Waals surface area contributed by atoms with Crippen molar-refractivity contribution in [2.45, 2.75) is 51.5 Å². The van der Waals surface area contributed by atoms with Gasteiger partial charge in [-0.1, -0.05) is 6.42 Å². The molecule has 140 valence electrons. The normalized spacial score (nSPS) is 19.4. The molecular weight excluding hydrogens is 417 g/mol. The average molecular weight is 451 g/mol. The highest BCUT2D eigenvalue weighted by molar-refractivity contribution is 14.0. The lowest BCUT2D eigenvalue weighted by atomic mass is 9.98. The number of amides is 1. The number of aliphatic imine (C=N–C) groups is 1. The first-order valence-corrected chi connectivity index (χ1v) is 9.00. The van der Waals surface area contributed by atoms with Gasteiger partial charge in [-0.25, -0.2) is 0 Å². The Kier molecular flexibility index (Phi) is 9.33. The molecule has 0 spiro atoms. The lowest BCUT2D eigenvalue weighted by Gasteiger charge is -2.41. The topological polar surface area (TPSA) is 68.8 Å². The standard InChI is InChI=1S/C17H33N5O.HI/c1-17(2,22-11-5-4-6-12-22)13-21-16(18-3)20-10-9-19-15(23)14-7-8-14;/h14H,4-13H2,1-3H3,(H,19,23)(H2,18,20,21);1H. The van der Waals surface area contributed by atoms with Crippen LogP contribution in [0.4, 0.5) is 0 Å². The molecule has 0 aromatic heterocycles. The summed E-state index contributed by atoms with van der Waals surface area (Å²) in [6, 6.07) is 0. The molecule has 2 aliphatic rings. The minimum Gasteiger partial charge on any atom is -0.355 e. The van der Waals surface area contributed by atoms with Crippen LogP contribution in [-0.4, -0.2) is 62.1 Å². The summed E-state index contributed by atoms with van der Waals surface area (Å²) < 4.78 is 0. The molecule has 6 nitrogen and oxygen atoms in total. The maximum atomic E-state index is 11.6. The molecule has 3 N–H and O–H groups in total. The summed E-state index contributed by atoms with van der Waals surface area (Å²) in [5, 5.41) is 9.64. The SMILES string of the molecule is CN=C(NCCNC(=O)C1CC1)NCC(C)(C)N1CCCCC1.I. The van der Waals surface area contributed by atoms with Crippen LogP contribution >= 0.6 is 24.0 Å². The number of nitrogens with zero attached hydrogens (tertiary/aromatic N) is 2. The van der Waals surface area contributed by atoms with E-state index in [0.29, 0.717) is 13.1 Å². The molecule has 0 atom stereocenters. The number of hydrogen-bond donors (Lipinski definition) is 3. The first-order valence-electron chi connectivity index (χ1n) is 9.00. The highest BCUT2D eigenvalue weighted by Gasteiger charge is 2.29. The van der Waals surface area contributed by atoms with Crippen molar-refractivity contribution in [3.8, 4) is 0 Å². The minimum atomic E-state index is 0. The fourth-order valence-electron chi connectivity index (χ4n) is 2.99. The summed E-state index contributed by atoms with van der Waals surface area (Å²) in [5.41, 5.74) is 0.123. The summed E-state index contributed by atoms with van der Waals surface area (Å²) in [5.74, 6) is 1.27. The number of hydrogen-bond acceptors (Lipinski definition) is 3. The molecule has 0 bridgehead atoms. The fourth-order valence-corrected chi connectivity index (χ4v) is 2.99. The Morgan fingerprint density at radius 3 is 2.29 bits per heavy atom. The largest absolute Gasteiger partial charge is 0.355 e. The monoisotopic (exact) mass is 451 g/mol. The van der Waals surface area contributed by atoms with Crippen LogP contribution in [0.25, 0.3) is 0 Å². The van der Waals surface area contributed by atoms with Crippen molar-refractivity contribution >= 4 is 35.8 Å². The van der Waals surface area contributed by atoms with Crippen LogP contribution in [-0.2, 0) is 4.79 Å². The second-order valence-electron chi connectivity index (χ2n) is 7.28. The molecule has 0 aromatic rings. The number of carbonyl (C=O) groups is 1. The molecule has 1 saturated heterocycles. The van der Waals surface area contributed by atoms with E-state index < -0.39 is 0 Å². The number of carbonyl (C=O) groups excluding carboxylic acids is 1. The van der Waals surface area contributed by atoms with Crippen molar-refractivity contribution in [2.75, 3.05) is 39.8 Å². The molecule has 0 aromatic carbocycles. The number of nitrogens with one attached hydrogen (secondary N) is 3. The van der Waals surface area contributed by atoms with Crippen LogP contribution in [0.15, 0.2) is 4.99 Å². The van der Waals surface area contributed by atoms with Crippen LogP contribution < -0.4 is 16.0 Å². The van der Waals surface area contributed by atoms with E-state index in [0.717, 1.165) is 25.3 Å². The number of rotatable bonds is 7. The van der Waals surface area contributed by atoms with Gasteiger partial charge in [0.1, 0.15) is 0 Å². The molecule has 1 aliphatic heterocycles. The number of halogens is 1. The fraction of sp³-hybridized carbons (Fsp3) is 0.882. The zero-order chi connectivity index (χ0) is 16.7. The van der Waals surface area contributed by atoms with E-state index in [2.05, 4.69) is 39.7 Å². The third-order valence-corrected chi connectivity index (χ3v) is 4.79. The van der Waals surface area contributed by atoms with Gasteiger partial charge in [0, 0.05) is 38.1 Å². The van der Waals surface area contributed by atoms with Crippen LogP contribution in [0.5, 0.6) is 0 Å². The average Bonchev–Trinajstić information content (AvgIpc) is 3.40. The molecule has 1 amide bonds. The molecule has 7 heteroatoms. The zero-order valence-corrected chi connectivity index (χ0v) is 17.7. The van der Waals surface area contributed by atoms with E-state index >= 15 is 0 Å². The third-order valence-electron chi connectivity index (χ3n) is 4.79. The van der Waals surface area contributed by atoms with Crippen molar-refractivity contribution in [1.29, 1.82) is 0 Å². The van der Waals surface area contributed by atoms with Crippen molar-refractivity contribution in [3.05, 3.63) is 0 Å². The first-order chi connectivity index (χ1) is 11.0. The smallest absolute Gasteiger partial charge is 0.223 e. The predicted molar refractivity (Wildman–Crippen MR) is 110 cm³/mol. The maximum absolute atomic E-state index is 11.6. The van der Waals surface area contributed by atoms with Crippen LogP contribution in [0.2, 0.25) is 0 Å². The molecule has 2 rings (SSSR count). The highest BCUT2D eigenvalue weighted by atomic mass is 127. The van der Waals surface area contributed by atoms with Gasteiger partial charge in [-0.2, -0.15) is 0 Å². The van der Waals surface area contributed by atoms with Gasteiger partial charge >= 0.3 is 0 Å². The Morgan fingerprint density at radius 2 is 1.71 bits per heavy atom. The van der Waals surface area contributed by atoms with Crippen molar-refractivity contribution in [3.63, 3.8) is 0 Å². The third kappa shape index (κ3) is 7.13. The molecule has 24 heavy (non-hydrogen) atoms. The lowest BCUT2D eigenvalue weighted by Crippen LogP contribution is -2.55. The van der Waals surface area contributed by atoms with Gasteiger partial charge in [0.05, 0.1) is 0 Å². The highest BCUT2D eigenvalue weighted by Crippen LogP contribution is 2.28. The van der Waals surface area contributed by atoms with E-state index in [1.54, 1.807) is 7.05 Å². The van der Waals surface area contributed by atoms with Gasteiger partial charge in [0.2, 0.25) is 5.91 Å². The minimum absolute atomic E-state index is 0. The number of likely N-dealkylation sites (tertiary alicyclic amines) is 1. The van der Waals surface area contributed by atoms with Gasteiger partial charge in [0.25, 0.3) is 0 Å². The Balaban J connectivity index is 0.00000288. The summed E-state index contributed by atoms with van der Waals surface area (Å²) in [7, 11) is 1.78. The summed E-state index contributed by atoms with van der Waals surface area (Å²) in [4.78, 5) is 18.4. The van der Waals surface area contributed by atoms with E-state index in [1.165, 1.54) is 32.4 Å². The molecule has 1 heterocycles. The summed E-state index contributed by atoms with van der Waals surface area (Å²) in [6.07, 6.45) is 6.06. The maximum Gasteiger partial charge on any atom is 0.223 e. The first kappa shape index (κ1) is 21.5. The van der Waals surface area contributed by atoms with E-state index in [-0.39, 0.29) is 41.3 Å². The molecule has 1 aliphatic carbocycles. The quantitative estimate of drug-likeness (QED) is 0.238. The Hall–Kier alpha value is -0.570. The Labute approximate surface area is 163 Å². The van der Waals surface area contributed by atoms with Gasteiger partial charge in [-0.05, 0) is 52.6 Å². The van der Waals surface area contributed by atoms with Gasteiger partial charge in [0.15, 0.2) is 5.96 Å². The van der Waals surface area contributed by atoms with E-state index in [1.807, 2.05) is 0 Å². The van der Waals surface area contributed by atoms with Gasteiger partial charge in [-0.3, -0.25) is 14.7 Å². The predicted octanol–water partition coefficient (Wildman–Crippen LogP) is 1.56. The van der Waals surface area contributed by atoms with Crippen molar-refractivity contribution in [2.24, 2.45) is 10.9 Å². The summed E-state index contributed by atoms with van der Waals surface area (Å²) >= 11 is 0. The van der Waals surface area contributed by atoms with Gasteiger partial charge in [-0.15, -0.1) is 24.0 Å². The van der Waals surface area contributed by atoms with Crippen LogP contribution in [0.1, 0.15) is 46.0 Å². The summed E-state index contributed by atoms with van der Waals surface area (Å²) in [6.45, 7) is 9.15. The molecule has 0 unspecified atom stereocenters. The molecule has 2 fully saturated rings. The van der Waals surface area contributed by atoms with Crippen molar-refractivity contribution in [1.82, 2.24) is 20.9 Å². The molecular formula is C17H34IN5O. The Bertz CT molecular complexity index is 417.